The molecule has 0 aliphatic carbocycles. The standard InChI is InChI=1S/C16H24N4O2/c1-13(20-10-8-19(2)9-11-20)15(21)18-16(22)17-12-14-6-4-3-5-7-14/h3-7,13H,8-12H2,1-2H3,(H2,17,18,21,22)/p+2/t13-/m1/s1. The molecule has 0 unspecified atom stereocenters. The minimum absolute atomic E-state index is 0.199. The van der Waals surface area contributed by atoms with Crippen molar-refractivity contribution in [1.29, 1.82) is 0 Å². The highest BCUT2D eigenvalue weighted by molar-refractivity contribution is 5.96. The van der Waals surface area contributed by atoms with Gasteiger partial charge in [-0.25, -0.2) is 4.79 Å². The first-order valence-corrected chi connectivity index (χ1v) is 7.84. The molecule has 2 rings (SSSR count). The number of rotatable bonds is 4. The average Bonchev–Trinajstić information content (AvgIpc) is 2.54. The lowest BCUT2D eigenvalue weighted by molar-refractivity contribution is -1.01. The molecule has 3 amide bonds. The summed E-state index contributed by atoms with van der Waals surface area (Å²) in [5, 5.41) is 5.15. The molecule has 120 valence electrons. The summed E-state index contributed by atoms with van der Waals surface area (Å²) in [5.74, 6) is -0.208. The van der Waals surface area contributed by atoms with E-state index < -0.39 is 6.03 Å². The minimum Gasteiger partial charge on any atom is -0.334 e. The number of imide groups is 1. The molecular weight excluding hydrogens is 280 g/mol. The third kappa shape index (κ3) is 4.82. The Kier molecular flexibility index (Phi) is 5.91. The Balaban J connectivity index is 1.74. The smallest absolute Gasteiger partial charge is 0.321 e. The number of quaternary nitrogens is 2. The van der Waals surface area contributed by atoms with E-state index in [1.807, 2.05) is 37.3 Å². The van der Waals surface area contributed by atoms with Crippen LogP contribution in [0.3, 0.4) is 0 Å². The van der Waals surface area contributed by atoms with E-state index >= 15 is 0 Å². The third-order valence-electron chi connectivity index (χ3n) is 4.28. The van der Waals surface area contributed by atoms with Crippen molar-refractivity contribution in [3.8, 4) is 0 Å². The fourth-order valence-corrected chi connectivity index (χ4v) is 2.66. The Morgan fingerprint density at radius 3 is 2.41 bits per heavy atom. The maximum Gasteiger partial charge on any atom is 0.321 e. The molecule has 1 heterocycles. The van der Waals surface area contributed by atoms with Gasteiger partial charge in [-0.3, -0.25) is 10.1 Å². The first-order chi connectivity index (χ1) is 10.6. The number of likely N-dealkylation sites (N-methyl/N-ethyl adjacent to an activating group) is 1. The first kappa shape index (κ1) is 16.5. The molecule has 1 saturated heterocycles. The summed E-state index contributed by atoms with van der Waals surface area (Å²) in [7, 11) is 2.17. The molecule has 0 bridgehead atoms. The van der Waals surface area contributed by atoms with Crippen molar-refractivity contribution < 1.29 is 19.4 Å². The van der Waals surface area contributed by atoms with Gasteiger partial charge in [0.15, 0.2) is 6.04 Å². The highest BCUT2D eigenvalue weighted by Crippen LogP contribution is 1.96. The van der Waals surface area contributed by atoms with Crippen LogP contribution in [0.1, 0.15) is 12.5 Å². The fourth-order valence-electron chi connectivity index (χ4n) is 2.66. The van der Waals surface area contributed by atoms with Gasteiger partial charge < -0.3 is 15.1 Å². The van der Waals surface area contributed by atoms with Gasteiger partial charge in [-0.2, -0.15) is 0 Å². The van der Waals surface area contributed by atoms with Crippen LogP contribution in [0.5, 0.6) is 0 Å². The number of nitrogens with one attached hydrogen (secondary N) is 4. The number of amides is 3. The molecule has 22 heavy (non-hydrogen) atoms. The van der Waals surface area contributed by atoms with Gasteiger partial charge in [-0.15, -0.1) is 0 Å². The summed E-state index contributed by atoms with van der Waals surface area (Å²) in [4.78, 5) is 26.7. The zero-order valence-corrected chi connectivity index (χ0v) is 13.3. The van der Waals surface area contributed by atoms with Gasteiger partial charge >= 0.3 is 6.03 Å². The van der Waals surface area contributed by atoms with Crippen LogP contribution < -0.4 is 20.4 Å². The lowest BCUT2D eigenvalue weighted by Gasteiger charge is -2.30. The van der Waals surface area contributed by atoms with Crippen LogP contribution in [0.25, 0.3) is 0 Å². The van der Waals surface area contributed by atoms with Crippen molar-refractivity contribution in [1.82, 2.24) is 10.6 Å². The number of hydrogen-bond donors (Lipinski definition) is 4. The summed E-state index contributed by atoms with van der Waals surface area (Å²) in [5.41, 5.74) is 1.01. The third-order valence-corrected chi connectivity index (χ3v) is 4.28. The van der Waals surface area contributed by atoms with Crippen LogP contribution in [0.2, 0.25) is 0 Å². The van der Waals surface area contributed by atoms with Gasteiger partial charge in [0.05, 0.1) is 7.05 Å². The summed E-state index contributed by atoms with van der Waals surface area (Å²) >= 11 is 0. The van der Waals surface area contributed by atoms with E-state index in [9.17, 15) is 9.59 Å². The van der Waals surface area contributed by atoms with Crippen molar-refractivity contribution in [3.05, 3.63) is 35.9 Å². The Labute approximate surface area is 131 Å². The summed E-state index contributed by atoms with van der Waals surface area (Å²) in [6.07, 6.45) is 0. The molecule has 1 aliphatic rings. The molecule has 6 nitrogen and oxygen atoms in total. The number of carbonyl (C=O) groups excluding carboxylic acids is 2. The van der Waals surface area contributed by atoms with Crippen molar-refractivity contribution >= 4 is 11.9 Å². The Morgan fingerprint density at radius 1 is 1.14 bits per heavy atom. The molecular formula is C16H26N4O2+2. The SMILES string of the molecule is C[C@H](C(=O)NC(=O)NCc1ccccc1)[NH+]1CC[NH+](C)CC1. The predicted molar refractivity (Wildman–Crippen MR) is 83.6 cm³/mol. The number of benzene rings is 1. The maximum atomic E-state index is 12.1. The van der Waals surface area contributed by atoms with Crippen LogP contribution >= 0.6 is 0 Å². The zero-order valence-electron chi connectivity index (χ0n) is 13.3. The Hall–Kier alpha value is -1.92. The van der Waals surface area contributed by atoms with Gasteiger partial charge in [0.1, 0.15) is 26.2 Å². The molecule has 1 aromatic rings. The molecule has 1 aliphatic heterocycles. The van der Waals surface area contributed by atoms with Crippen LogP contribution in [0.4, 0.5) is 4.79 Å². The number of hydrogen-bond acceptors (Lipinski definition) is 2. The summed E-state index contributed by atoms with van der Waals surface area (Å²) < 4.78 is 0. The summed E-state index contributed by atoms with van der Waals surface area (Å²) in [6.45, 7) is 6.35. The van der Waals surface area contributed by atoms with Gasteiger partial charge in [0.2, 0.25) is 0 Å². The number of urea groups is 1. The molecule has 0 aromatic heterocycles. The van der Waals surface area contributed by atoms with Gasteiger partial charge in [0.25, 0.3) is 5.91 Å². The second-order valence-electron chi connectivity index (χ2n) is 5.99. The Morgan fingerprint density at radius 2 is 1.77 bits per heavy atom. The minimum atomic E-state index is -0.431. The second kappa shape index (κ2) is 7.91. The predicted octanol–water partition coefficient (Wildman–Crippen LogP) is -2.19. The van der Waals surface area contributed by atoms with E-state index in [1.54, 1.807) is 0 Å². The topological polar surface area (TPSA) is 67.1 Å². The van der Waals surface area contributed by atoms with E-state index in [2.05, 4.69) is 17.7 Å². The van der Waals surface area contributed by atoms with Crippen LogP contribution in [0.15, 0.2) is 30.3 Å². The summed E-state index contributed by atoms with van der Waals surface area (Å²) in [6, 6.07) is 9.00. The van der Waals surface area contributed by atoms with Crippen molar-refractivity contribution in [3.63, 3.8) is 0 Å². The van der Waals surface area contributed by atoms with E-state index in [-0.39, 0.29) is 11.9 Å². The fraction of sp³-hybridized carbons (Fsp3) is 0.500. The van der Waals surface area contributed by atoms with Crippen LogP contribution in [0, 0.1) is 0 Å². The molecule has 0 spiro atoms. The quantitative estimate of drug-likeness (QED) is 0.511. The molecule has 1 fully saturated rings. The average molecular weight is 306 g/mol. The number of piperazine rings is 1. The zero-order chi connectivity index (χ0) is 15.9. The molecule has 0 saturated carbocycles. The normalized spacial score (nSPS) is 22.6. The highest BCUT2D eigenvalue weighted by Gasteiger charge is 2.30. The lowest BCUT2D eigenvalue weighted by Crippen LogP contribution is -3.29. The van der Waals surface area contributed by atoms with Crippen molar-refractivity contribution in [2.24, 2.45) is 0 Å². The van der Waals surface area contributed by atoms with Gasteiger partial charge in [-0.1, -0.05) is 30.3 Å². The van der Waals surface area contributed by atoms with E-state index in [1.165, 1.54) is 9.80 Å². The molecule has 1 aromatic carbocycles. The first-order valence-electron chi connectivity index (χ1n) is 7.84. The van der Waals surface area contributed by atoms with Gasteiger partial charge in [-0.05, 0) is 12.5 Å². The monoisotopic (exact) mass is 306 g/mol. The van der Waals surface area contributed by atoms with E-state index in [0.717, 1.165) is 31.7 Å². The largest absolute Gasteiger partial charge is 0.334 e. The highest BCUT2D eigenvalue weighted by atomic mass is 16.2. The second-order valence-corrected chi connectivity index (χ2v) is 5.99. The van der Waals surface area contributed by atoms with Crippen molar-refractivity contribution in [2.45, 2.75) is 19.5 Å². The lowest BCUT2D eigenvalue weighted by atomic mass is 10.2. The molecule has 0 radical (unpaired) electrons. The van der Waals surface area contributed by atoms with Gasteiger partial charge in [0, 0.05) is 6.54 Å². The van der Waals surface area contributed by atoms with Crippen LogP contribution in [-0.4, -0.2) is 51.2 Å². The number of carbonyl (C=O) groups is 2. The van der Waals surface area contributed by atoms with E-state index in [4.69, 9.17) is 0 Å². The van der Waals surface area contributed by atoms with Crippen LogP contribution in [-0.2, 0) is 11.3 Å². The Bertz CT molecular complexity index is 498. The molecule has 6 heteroatoms. The molecule has 1 atom stereocenters. The van der Waals surface area contributed by atoms with E-state index in [0.29, 0.717) is 6.54 Å². The molecule has 4 N–H and O–H groups in total. The maximum absolute atomic E-state index is 12.1. The van der Waals surface area contributed by atoms with Crippen molar-refractivity contribution in [2.75, 3.05) is 33.2 Å².